The van der Waals surface area contributed by atoms with Crippen molar-refractivity contribution in [3.63, 3.8) is 0 Å². The average Bonchev–Trinajstić information content (AvgIpc) is 2.84. The molecule has 1 aliphatic carbocycles. The summed E-state index contributed by atoms with van der Waals surface area (Å²) < 4.78 is 4.64. The number of esters is 1. The van der Waals surface area contributed by atoms with Gasteiger partial charge < -0.3 is 10.1 Å². The molecule has 1 saturated carbocycles. The van der Waals surface area contributed by atoms with Gasteiger partial charge in [-0.05, 0) is 31.9 Å². The minimum absolute atomic E-state index is 0.171. The third kappa shape index (κ3) is 3.06. The summed E-state index contributed by atoms with van der Waals surface area (Å²) in [7, 11) is 1.42. The monoisotopic (exact) mass is 239 g/mol. The maximum absolute atomic E-state index is 11.1. The van der Waals surface area contributed by atoms with E-state index in [2.05, 4.69) is 23.0 Å². The van der Waals surface area contributed by atoms with Crippen LogP contribution in [0.5, 0.6) is 0 Å². The second kappa shape index (κ2) is 4.55. The first-order valence-corrected chi connectivity index (χ1v) is 6.32. The number of hydrogen-bond acceptors (Lipinski definition) is 4. The molecule has 1 aromatic heterocycles. The number of carbonyl (C=O) groups is 1. The van der Waals surface area contributed by atoms with Crippen molar-refractivity contribution in [3.8, 4) is 0 Å². The smallest absolute Gasteiger partial charge is 0.310 e. The quantitative estimate of drug-likeness (QED) is 0.800. The van der Waals surface area contributed by atoms with Crippen molar-refractivity contribution in [3.05, 3.63) is 21.9 Å². The Labute approximate surface area is 99.8 Å². The first-order valence-electron chi connectivity index (χ1n) is 5.51. The normalized spacial score (nSPS) is 17.1. The predicted molar refractivity (Wildman–Crippen MR) is 64.5 cm³/mol. The SMILES string of the molecule is COC(=O)Cc1ccc(CNC2(C)CC2)s1. The maximum Gasteiger partial charge on any atom is 0.310 e. The molecule has 1 aliphatic rings. The predicted octanol–water partition coefficient (Wildman–Crippen LogP) is 2.11. The molecule has 2 rings (SSSR count). The molecule has 0 amide bonds. The van der Waals surface area contributed by atoms with Crippen molar-refractivity contribution in [2.75, 3.05) is 7.11 Å². The third-order valence-electron chi connectivity index (χ3n) is 2.95. The summed E-state index contributed by atoms with van der Waals surface area (Å²) in [4.78, 5) is 13.4. The molecule has 0 atom stereocenters. The summed E-state index contributed by atoms with van der Waals surface area (Å²) in [5.74, 6) is -0.171. The Morgan fingerprint density at radius 3 is 2.81 bits per heavy atom. The van der Waals surface area contributed by atoms with Crippen LogP contribution in [0.4, 0.5) is 0 Å². The first kappa shape index (κ1) is 11.6. The van der Waals surface area contributed by atoms with E-state index in [-0.39, 0.29) is 5.97 Å². The summed E-state index contributed by atoms with van der Waals surface area (Å²) in [5.41, 5.74) is 0.368. The second-order valence-electron chi connectivity index (χ2n) is 4.54. The van der Waals surface area contributed by atoms with Gasteiger partial charge in [0.2, 0.25) is 0 Å². The lowest BCUT2D eigenvalue weighted by atomic mass is 10.3. The van der Waals surface area contributed by atoms with Gasteiger partial charge in [-0.1, -0.05) is 0 Å². The summed E-state index contributed by atoms with van der Waals surface area (Å²) in [5, 5.41) is 3.52. The Morgan fingerprint density at radius 2 is 2.19 bits per heavy atom. The highest BCUT2D eigenvalue weighted by molar-refractivity contribution is 7.12. The van der Waals surface area contributed by atoms with E-state index in [1.165, 1.54) is 24.8 Å². The van der Waals surface area contributed by atoms with Crippen LogP contribution in [0.25, 0.3) is 0 Å². The summed E-state index contributed by atoms with van der Waals surface area (Å²) in [6.07, 6.45) is 2.93. The van der Waals surface area contributed by atoms with Gasteiger partial charge >= 0.3 is 5.97 Å². The molecule has 0 aliphatic heterocycles. The molecular formula is C12H17NO2S. The molecule has 0 spiro atoms. The summed E-state index contributed by atoms with van der Waals surface area (Å²) in [6, 6.07) is 4.09. The molecule has 1 N–H and O–H groups in total. The Kier molecular flexibility index (Phi) is 3.30. The number of methoxy groups -OCH3 is 1. The molecule has 1 aromatic rings. The number of carbonyl (C=O) groups excluding carboxylic acids is 1. The van der Waals surface area contributed by atoms with E-state index < -0.39 is 0 Å². The van der Waals surface area contributed by atoms with Crippen LogP contribution < -0.4 is 5.32 Å². The molecule has 0 saturated heterocycles. The molecular weight excluding hydrogens is 222 g/mol. The van der Waals surface area contributed by atoms with Crippen LogP contribution >= 0.6 is 11.3 Å². The van der Waals surface area contributed by atoms with Crippen LogP contribution in [0.15, 0.2) is 12.1 Å². The average molecular weight is 239 g/mol. The van der Waals surface area contributed by atoms with Crippen LogP contribution in [-0.2, 0) is 22.5 Å². The van der Waals surface area contributed by atoms with Gasteiger partial charge in [0, 0.05) is 21.8 Å². The fourth-order valence-corrected chi connectivity index (χ4v) is 2.43. The van der Waals surface area contributed by atoms with Gasteiger partial charge in [0.15, 0.2) is 0 Å². The van der Waals surface area contributed by atoms with E-state index >= 15 is 0 Å². The van der Waals surface area contributed by atoms with Crippen molar-refractivity contribution in [1.82, 2.24) is 5.32 Å². The Balaban J connectivity index is 1.84. The van der Waals surface area contributed by atoms with E-state index in [0.717, 1.165) is 11.4 Å². The van der Waals surface area contributed by atoms with E-state index in [4.69, 9.17) is 0 Å². The van der Waals surface area contributed by atoms with Crippen molar-refractivity contribution in [2.45, 2.75) is 38.3 Å². The summed E-state index contributed by atoms with van der Waals surface area (Å²) >= 11 is 1.68. The topological polar surface area (TPSA) is 38.3 Å². The van der Waals surface area contributed by atoms with Gasteiger partial charge in [0.05, 0.1) is 13.5 Å². The number of rotatable bonds is 5. The van der Waals surface area contributed by atoms with Crippen LogP contribution in [0.3, 0.4) is 0 Å². The molecule has 0 bridgehead atoms. The molecule has 1 heterocycles. The molecule has 0 radical (unpaired) electrons. The molecule has 4 heteroatoms. The fraction of sp³-hybridized carbons (Fsp3) is 0.583. The first-order chi connectivity index (χ1) is 7.61. The number of hydrogen-bond donors (Lipinski definition) is 1. The second-order valence-corrected chi connectivity index (χ2v) is 5.79. The zero-order valence-corrected chi connectivity index (χ0v) is 10.5. The van der Waals surface area contributed by atoms with Crippen molar-refractivity contribution < 1.29 is 9.53 Å². The third-order valence-corrected chi connectivity index (χ3v) is 4.04. The van der Waals surface area contributed by atoms with Gasteiger partial charge in [-0.2, -0.15) is 0 Å². The van der Waals surface area contributed by atoms with E-state index in [9.17, 15) is 4.79 Å². The van der Waals surface area contributed by atoms with Crippen molar-refractivity contribution in [1.29, 1.82) is 0 Å². The number of nitrogens with one attached hydrogen (secondary N) is 1. The molecule has 88 valence electrons. The summed E-state index contributed by atoms with van der Waals surface area (Å²) in [6.45, 7) is 3.15. The van der Waals surface area contributed by atoms with Crippen LogP contribution in [0, 0.1) is 0 Å². The molecule has 16 heavy (non-hydrogen) atoms. The highest BCUT2D eigenvalue weighted by atomic mass is 32.1. The fourth-order valence-electron chi connectivity index (χ4n) is 1.49. The molecule has 0 aromatic carbocycles. The van der Waals surface area contributed by atoms with Crippen LogP contribution in [0.1, 0.15) is 29.5 Å². The minimum atomic E-state index is -0.171. The minimum Gasteiger partial charge on any atom is -0.469 e. The van der Waals surface area contributed by atoms with E-state index in [0.29, 0.717) is 12.0 Å². The molecule has 3 nitrogen and oxygen atoms in total. The highest BCUT2D eigenvalue weighted by Gasteiger charge is 2.36. The van der Waals surface area contributed by atoms with Gasteiger partial charge in [-0.3, -0.25) is 4.79 Å². The van der Waals surface area contributed by atoms with Crippen molar-refractivity contribution in [2.24, 2.45) is 0 Å². The highest BCUT2D eigenvalue weighted by Crippen LogP contribution is 2.34. The Hall–Kier alpha value is -0.870. The Morgan fingerprint density at radius 1 is 1.50 bits per heavy atom. The largest absolute Gasteiger partial charge is 0.469 e. The molecule has 1 fully saturated rings. The zero-order chi connectivity index (χ0) is 11.6. The number of ether oxygens (including phenoxy) is 1. The van der Waals surface area contributed by atoms with Crippen LogP contribution in [0.2, 0.25) is 0 Å². The van der Waals surface area contributed by atoms with E-state index in [1.54, 1.807) is 11.3 Å². The van der Waals surface area contributed by atoms with Gasteiger partial charge in [0.1, 0.15) is 0 Å². The lowest BCUT2D eigenvalue weighted by molar-refractivity contribution is -0.139. The maximum atomic E-state index is 11.1. The van der Waals surface area contributed by atoms with Crippen molar-refractivity contribution >= 4 is 17.3 Å². The molecule has 0 unspecified atom stereocenters. The lowest BCUT2D eigenvalue weighted by Crippen LogP contribution is -2.26. The standard InChI is InChI=1S/C12H17NO2S/c1-12(5-6-12)13-8-10-4-3-9(16-10)7-11(14)15-2/h3-4,13H,5-8H2,1-2H3. The zero-order valence-electron chi connectivity index (χ0n) is 9.71. The van der Waals surface area contributed by atoms with Crippen LogP contribution in [-0.4, -0.2) is 18.6 Å². The Bertz CT molecular complexity index is 382. The lowest BCUT2D eigenvalue weighted by Gasteiger charge is -2.09. The number of thiophene rings is 1. The van der Waals surface area contributed by atoms with Gasteiger partial charge in [-0.15, -0.1) is 11.3 Å². The van der Waals surface area contributed by atoms with Gasteiger partial charge in [0.25, 0.3) is 0 Å². The van der Waals surface area contributed by atoms with E-state index in [1.807, 2.05) is 6.07 Å². The van der Waals surface area contributed by atoms with Gasteiger partial charge in [-0.25, -0.2) is 0 Å².